The monoisotopic (exact) mass is 295 g/mol. The van der Waals surface area contributed by atoms with Gasteiger partial charge >= 0.3 is 6.18 Å². The highest BCUT2D eigenvalue weighted by Crippen LogP contribution is 2.27. The number of hydrogen-bond acceptors (Lipinski definition) is 1. The Morgan fingerprint density at radius 2 is 1.75 bits per heavy atom. The van der Waals surface area contributed by atoms with Crippen LogP contribution in [0.3, 0.4) is 0 Å². The van der Waals surface area contributed by atoms with Gasteiger partial charge in [-0.05, 0) is 33.6 Å². The summed E-state index contributed by atoms with van der Waals surface area (Å²) in [5.74, 6) is 0. The molecule has 1 heterocycles. The summed E-state index contributed by atoms with van der Waals surface area (Å²) in [6.45, 7) is 5.75. The summed E-state index contributed by atoms with van der Waals surface area (Å²) in [6, 6.07) is 2.92. The van der Waals surface area contributed by atoms with Crippen molar-refractivity contribution >= 4 is 15.9 Å². The lowest BCUT2D eigenvalue weighted by molar-refractivity contribution is -0.127. The fraction of sp³-hybridized carbons (Fsp3) is 0.545. The van der Waals surface area contributed by atoms with Gasteiger partial charge in [-0.3, -0.25) is 0 Å². The molecule has 16 heavy (non-hydrogen) atoms. The van der Waals surface area contributed by atoms with E-state index >= 15 is 0 Å². The first-order valence-corrected chi connectivity index (χ1v) is 5.61. The average Bonchev–Trinajstić information content (AvgIpc) is 1.97. The zero-order valence-electron chi connectivity index (χ0n) is 9.32. The summed E-state index contributed by atoms with van der Waals surface area (Å²) < 4.78 is 37.2. The van der Waals surface area contributed by atoms with Crippen LogP contribution in [0.5, 0.6) is 0 Å². The number of halogens is 4. The topological polar surface area (TPSA) is 12.9 Å². The van der Waals surface area contributed by atoms with Gasteiger partial charge in [-0.2, -0.15) is 13.2 Å². The van der Waals surface area contributed by atoms with Crippen LogP contribution in [-0.4, -0.2) is 11.2 Å². The quantitative estimate of drug-likeness (QED) is 0.706. The molecule has 1 nitrogen and oxygen atoms in total. The van der Waals surface area contributed by atoms with E-state index in [-0.39, 0.29) is 11.0 Å². The van der Waals surface area contributed by atoms with Crippen molar-refractivity contribution in [1.82, 2.24) is 4.98 Å². The molecule has 0 aliphatic heterocycles. The molecule has 0 N–H and O–H groups in total. The van der Waals surface area contributed by atoms with E-state index in [0.29, 0.717) is 10.3 Å². The Labute approximate surface area is 101 Å². The lowest BCUT2D eigenvalue weighted by Crippen LogP contribution is -2.16. The van der Waals surface area contributed by atoms with Crippen LogP contribution in [0.4, 0.5) is 13.2 Å². The third-order valence-electron chi connectivity index (χ3n) is 2.03. The van der Waals surface area contributed by atoms with E-state index < -0.39 is 12.6 Å². The average molecular weight is 296 g/mol. The number of pyridine rings is 1. The van der Waals surface area contributed by atoms with Crippen molar-refractivity contribution in [3.8, 4) is 0 Å². The van der Waals surface area contributed by atoms with Crippen molar-refractivity contribution in [1.29, 1.82) is 0 Å². The van der Waals surface area contributed by atoms with Crippen molar-refractivity contribution in [2.75, 3.05) is 0 Å². The maximum absolute atomic E-state index is 12.3. The van der Waals surface area contributed by atoms with Crippen molar-refractivity contribution in [3.05, 3.63) is 28.0 Å². The Balaban J connectivity index is 3.09. The predicted molar refractivity (Wildman–Crippen MR) is 60.4 cm³/mol. The molecule has 0 amide bonds. The van der Waals surface area contributed by atoms with E-state index in [1.54, 1.807) is 0 Å². The Morgan fingerprint density at radius 1 is 1.19 bits per heavy atom. The third kappa shape index (κ3) is 4.12. The van der Waals surface area contributed by atoms with Gasteiger partial charge in [0.25, 0.3) is 0 Å². The molecule has 0 bridgehead atoms. The minimum atomic E-state index is -4.18. The van der Waals surface area contributed by atoms with Crippen molar-refractivity contribution < 1.29 is 13.2 Å². The SMILES string of the molecule is CC(C)(C)c1cc(CC(F)(F)F)cc(Br)n1. The molecular weight excluding hydrogens is 283 g/mol. The minimum Gasteiger partial charge on any atom is -0.245 e. The molecule has 0 aliphatic carbocycles. The molecule has 0 unspecified atom stereocenters. The molecule has 0 atom stereocenters. The molecule has 90 valence electrons. The molecule has 0 fully saturated rings. The molecule has 1 aromatic heterocycles. The van der Waals surface area contributed by atoms with E-state index in [4.69, 9.17) is 0 Å². The molecule has 5 heteroatoms. The number of nitrogens with zero attached hydrogens (tertiary/aromatic N) is 1. The zero-order valence-corrected chi connectivity index (χ0v) is 10.9. The van der Waals surface area contributed by atoms with Crippen molar-refractivity contribution in [3.63, 3.8) is 0 Å². The second-order valence-electron chi connectivity index (χ2n) is 4.73. The summed E-state index contributed by atoms with van der Waals surface area (Å²) in [4.78, 5) is 4.18. The van der Waals surface area contributed by atoms with Gasteiger partial charge in [0.15, 0.2) is 0 Å². The second-order valence-corrected chi connectivity index (χ2v) is 5.54. The smallest absolute Gasteiger partial charge is 0.245 e. The molecule has 1 aromatic rings. The fourth-order valence-corrected chi connectivity index (χ4v) is 1.75. The summed E-state index contributed by atoms with van der Waals surface area (Å²) >= 11 is 3.13. The van der Waals surface area contributed by atoms with Gasteiger partial charge in [-0.1, -0.05) is 20.8 Å². The first-order chi connectivity index (χ1) is 7.08. The maximum Gasteiger partial charge on any atom is 0.393 e. The standard InChI is InChI=1S/C11H13BrF3N/c1-10(2,3)8-4-7(5-9(12)16-8)6-11(13,14)15/h4-5H,6H2,1-3H3. The van der Waals surface area contributed by atoms with Gasteiger partial charge in [-0.25, -0.2) is 4.98 Å². The molecule has 0 saturated heterocycles. The summed E-state index contributed by atoms with van der Waals surface area (Å²) in [6.07, 6.45) is -5.10. The Bertz CT molecular complexity index is 380. The number of rotatable bonds is 1. The summed E-state index contributed by atoms with van der Waals surface area (Å²) in [7, 11) is 0. The molecular formula is C11H13BrF3N. The van der Waals surface area contributed by atoms with Crippen LogP contribution in [0.25, 0.3) is 0 Å². The highest BCUT2D eigenvalue weighted by molar-refractivity contribution is 9.10. The van der Waals surface area contributed by atoms with Gasteiger partial charge in [-0.15, -0.1) is 0 Å². The Kier molecular flexibility index (Phi) is 3.67. The molecule has 0 radical (unpaired) electrons. The van der Waals surface area contributed by atoms with Crippen LogP contribution in [0.15, 0.2) is 16.7 Å². The lowest BCUT2D eigenvalue weighted by atomic mass is 9.90. The summed E-state index contributed by atoms with van der Waals surface area (Å²) in [5, 5.41) is 0. The largest absolute Gasteiger partial charge is 0.393 e. The first kappa shape index (κ1) is 13.5. The highest BCUT2D eigenvalue weighted by Gasteiger charge is 2.28. The van der Waals surface area contributed by atoms with Crippen molar-refractivity contribution in [2.24, 2.45) is 0 Å². The third-order valence-corrected chi connectivity index (χ3v) is 2.43. The molecule has 1 rings (SSSR count). The highest BCUT2D eigenvalue weighted by atomic mass is 79.9. The van der Waals surface area contributed by atoms with E-state index in [2.05, 4.69) is 20.9 Å². The van der Waals surface area contributed by atoms with E-state index in [0.717, 1.165) is 0 Å². The summed E-state index contributed by atoms with van der Waals surface area (Å²) in [5.41, 5.74) is 0.629. The maximum atomic E-state index is 12.3. The van der Waals surface area contributed by atoms with Crippen molar-refractivity contribution in [2.45, 2.75) is 38.8 Å². The van der Waals surface area contributed by atoms with Crippen LogP contribution in [0.2, 0.25) is 0 Å². The van der Waals surface area contributed by atoms with Gasteiger partial charge in [0.2, 0.25) is 0 Å². The van der Waals surface area contributed by atoms with Gasteiger partial charge in [0.1, 0.15) is 4.60 Å². The lowest BCUT2D eigenvalue weighted by Gasteiger charge is -2.19. The normalized spacial score (nSPS) is 12.9. The first-order valence-electron chi connectivity index (χ1n) is 4.81. The van der Waals surface area contributed by atoms with E-state index in [1.165, 1.54) is 12.1 Å². The number of aromatic nitrogens is 1. The van der Waals surface area contributed by atoms with Crippen LogP contribution < -0.4 is 0 Å². The van der Waals surface area contributed by atoms with E-state index in [9.17, 15) is 13.2 Å². The molecule has 0 saturated carbocycles. The van der Waals surface area contributed by atoms with Crippen LogP contribution >= 0.6 is 15.9 Å². The molecule has 0 aromatic carbocycles. The Morgan fingerprint density at radius 3 is 2.19 bits per heavy atom. The molecule has 0 aliphatic rings. The van der Waals surface area contributed by atoms with E-state index in [1.807, 2.05) is 20.8 Å². The number of hydrogen-bond donors (Lipinski definition) is 0. The minimum absolute atomic E-state index is 0.235. The van der Waals surface area contributed by atoms with Crippen LogP contribution in [0, 0.1) is 0 Å². The predicted octanol–water partition coefficient (Wildman–Crippen LogP) is 4.25. The van der Waals surface area contributed by atoms with Crippen LogP contribution in [0.1, 0.15) is 32.0 Å². The number of alkyl halides is 3. The van der Waals surface area contributed by atoms with Gasteiger partial charge < -0.3 is 0 Å². The Hall–Kier alpha value is -0.580. The second kappa shape index (κ2) is 4.35. The van der Waals surface area contributed by atoms with Gasteiger partial charge in [0.05, 0.1) is 6.42 Å². The van der Waals surface area contributed by atoms with Crippen LogP contribution in [-0.2, 0) is 11.8 Å². The fourth-order valence-electron chi connectivity index (χ4n) is 1.27. The zero-order chi connectivity index (χ0) is 12.6. The van der Waals surface area contributed by atoms with Gasteiger partial charge in [0, 0.05) is 11.1 Å². The molecule has 0 spiro atoms.